The molecule has 2 aliphatic heterocycles. The van der Waals surface area contributed by atoms with Crippen LogP contribution in [0.4, 0.5) is 0 Å². The Balaban J connectivity index is 1.28. The van der Waals surface area contributed by atoms with Gasteiger partial charge in [0.25, 0.3) is 0 Å². The monoisotopic (exact) mass is 409 g/mol. The van der Waals surface area contributed by atoms with Crippen molar-refractivity contribution < 1.29 is 14.4 Å². The minimum Gasteiger partial charge on any atom is -0.340 e. The summed E-state index contributed by atoms with van der Waals surface area (Å²) in [5.41, 5.74) is 1.00. The number of likely N-dealkylation sites (tertiary alicyclic amines) is 2. The number of aromatic nitrogens is 1. The van der Waals surface area contributed by atoms with Crippen molar-refractivity contribution in [1.82, 2.24) is 14.8 Å². The molecule has 0 spiro atoms. The van der Waals surface area contributed by atoms with E-state index in [1.807, 2.05) is 30.4 Å². The Hall–Kier alpha value is -2.54. The van der Waals surface area contributed by atoms with Crippen molar-refractivity contribution in [3.8, 4) is 0 Å². The largest absolute Gasteiger partial charge is 0.340 e. The summed E-state index contributed by atoms with van der Waals surface area (Å²) in [5.74, 6) is -0.852. The maximum Gasteiger partial charge on any atom is 0.242 e. The van der Waals surface area contributed by atoms with Gasteiger partial charge >= 0.3 is 0 Å². The summed E-state index contributed by atoms with van der Waals surface area (Å²) in [4.78, 5) is 46.0. The number of rotatable bonds is 3. The normalized spacial score (nSPS) is 27.0. The van der Waals surface area contributed by atoms with Gasteiger partial charge in [0.2, 0.25) is 17.7 Å². The quantitative estimate of drug-likeness (QED) is 0.577. The molecule has 0 unspecified atom stereocenters. The Morgan fingerprint density at radius 2 is 1.83 bits per heavy atom. The zero-order valence-corrected chi connectivity index (χ0v) is 16.9. The Bertz CT molecular complexity index is 955. The van der Waals surface area contributed by atoms with Crippen LogP contribution in [0, 0.1) is 11.8 Å². The fourth-order valence-corrected chi connectivity index (χ4v) is 5.82. The fourth-order valence-electron chi connectivity index (χ4n) is 4.73. The van der Waals surface area contributed by atoms with Crippen LogP contribution in [-0.4, -0.2) is 52.1 Å². The van der Waals surface area contributed by atoms with Gasteiger partial charge in [0, 0.05) is 19.0 Å². The molecule has 1 aliphatic carbocycles. The smallest absolute Gasteiger partial charge is 0.242 e. The van der Waals surface area contributed by atoms with E-state index in [0.29, 0.717) is 25.9 Å². The molecule has 6 nitrogen and oxygen atoms in total. The van der Waals surface area contributed by atoms with Crippen LogP contribution in [0.2, 0.25) is 0 Å². The summed E-state index contributed by atoms with van der Waals surface area (Å²) in [7, 11) is 0. The van der Waals surface area contributed by atoms with Crippen molar-refractivity contribution in [3.05, 3.63) is 41.4 Å². The molecule has 29 heavy (non-hydrogen) atoms. The Morgan fingerprint density at radius 1 is 1.10 bits per heavy atom. The van der Waals surface area contributed by atoms with E-state index in [-0.39, 0.29) is 42.0 Å². The van der Waals surface area contributed by atoms with E-state index in [2.05, 4.69) is 6.07 Å². The number of benzene rings is 1. The lowest BCUT2D eigenvalue weighted by atomic mass is 9.85. The Kier molecular flexibility index (Phi) is 4.70. The first kappa shape index (κ1) is 18.5. The van der Waals surface area contributed by atoms with Crippen molar-refractivity contribution in [1.29, 1.82) is 0 Å². The number of hydrogen-bond acceptors (Lipinski definition) is 5. The third-order valence-electron chi connectivity index (χ3n) is 6.33. The summed E-state index contributed by atoms with van der Waals surface area (Å²) >= 11 is 1.69. The van der Waals surface area contributed by atoms with E-state index in [9.17, 15) is 14.4 Å². The molecular weight excluding hydrogens is 386 g/mol. The van der Waals surface area contributed by atoms with Crippen LogP contribution in [-0.2, 0) is 14.4 Å². The predicted molar refractivity (Wildman–Crippen MR) is 110 cm³/mol. The van der Waals surface area contributed by atoms with Gasteiger partial charge < -0.3 is 4.90 Å². The number of carbonyl (C=O) groups excluding carboxylic acids is 3. The summed E-state index contributed by atoms with van der Waals surface area (Å²) in [6, 6.07) is 8.08. The summed E-state index contributed by atoms with van der Waals surface area (Å²) in [6.45, 7) is 1.14. The molecule has 3 atom stereocenters. The number of para-hydroxylation sites is 1. The van der Waals surface area contributed by atoms with Gasteiger partial charge in [-0.25, -0.2) is 4.98 Å². The molecular formula is C22H23N3O3S. The van der Waals surface area contributed by atoms with Crippen LogP contribution in [0.25, 0.3) is 10.2 Å². The summed E-state index contributed by atoms with van der Waals surface area (Å²) in [5, 5.41) is 1.06. The first-order valence-electron chi connectivity index (χ1n) is 10.3. The number of fused-ring (bicyclic) bond motifs is 2. The molecule has 0 bridgehead atoms. The number of amides is 3. The minimum absolute atomic E-state index is 0.128. The molecule has 150 valence electrons. The van der Waals surface area contributed by atoms with E-state index >= 15 is 0 Å². The number of imide groups is 1. The highest BCUT2D eigenvalue weighted by Gasteiger charge is 2.48. The van der Waals surface area contributed by atoms with Gasteiger partial charge in [-0.1, -0.05) is 24.3 Å². The van der Waals surface area contributed by atoms with Crippen molar-refractivity contribution in [2.24, 2.45) is 11.8 Å². The SMILES string of the molecule is O=C(CN1C(=O)[C@H]2CC=CC[C@H]2C1=O)N1CCC[C@@H](c2nc3ccccc3s2)C1. The zero-order valence-electron chi connectivity index (χ0n) is 16.1. The highest BCUT2D eigenvalue weighted by Crippen LogP contribution is 2.36. The number of allylic oxidation sites excluding steroid dienone is 2. The van der Waals surface area contributed by atoms with Gasteiger partial charge in [0.1, 0.15) is 6.54 Å². The first-order chi connectivity index (χ1) is 14.1. The molecule has 0 radical (unpaired) electrons. The lowest BCUT2D eigenvalue weighted by Gasteiger charge is -2.32. The topological polar surface area (TPSA) is 70.6 Å². The molecule has 2 fully saturated rings. The van der Waals surface area contributed by atoms with Crippen LogP contribution >= 0.6 is 11.3 Å². The van der Waals surface area contributed by atoms with Gasteiger partial charge in [0.05, 0.1) is 27.1 Å². The molecule has 2 aromatic rings. The number of thiazole rings is 1. The molecule has 3 heterocycles. The second-order valence-corrected chi connectivity index (χ2v) is 9.18. The zero-order chi connectivity index (χ0) is 20.0. The fraction of sp³-hybridized carbons (Fsp3) is 0.455. The van der Waals surface area contributed by atoms with Crippen LogP contribution < -0.4 is 0 Å². The molecule has 5 rings (SSSR count). The molecule has 1 aromatic heterocycles. The van der Waals surface area contributed by atoms with Gasteiger partial charge in [-0.05, 0) is 37.8 Å². The number of hydrogen-bond donors (Lipinski definition) is 0. The molecule has 2 saturated heterocycles. The first-order valence-corrected chi connectivity index (χ1v) is 11.1. The number of nitrogens with zero attached hydrogens (tertiary/aromatic N) is 3. The van der Waals surface area contributed by atoms with Gasteiger partial charge in [-0.3, -0.25) is 19.3 Å². The lowest BCUT2D eigenvalue weighted by molar-refractivity contribution is -0.147. The maximum absolute atomic E-state index is 12.9. The predicted octanol–water partition coefficient (Wildman–Crippen LogP) is 2.95. The van der Waals surface area contributed by atoms with Crippen LogP contribution in [0.5, 0.6) is 0 Å². The van der Waals surface area contributed by atoms with Crippen molar-refractivity contribution >= 4 is 39.3 Å². The average Bonchev–Trinajstić information content (AvgIpc) is 3.29. The molecule has 1 aromatic carbocycles. The van der Waals surface area contributed by atoms with E-state index in [4.69, 9.17) is 4.98 Å². The molecule has 0 N–H and O–H groups in total. The van der Waals surface area contributed by atoms with E-state index in [1.165, 1.54) is 4.90 Å². The lowest BCUT2D eigenvalue weighted by Crippen LogP contribution is -2.46. The van der Waals surface area contributed by atoms with E-state index in [0.717, 1.165) is 28.1 Å². The number of piperidine rings is 1. The second kappa shape index (κ2) is 7.37. The molecule has 3 amide bonds. The summed E-state index contributed by atoms with van der Waals surface area (Å²) < 4.78 is 1.16. The molecule has 0 saturated carbocycles. The van der Waals surface area contributed by atoms with Crippen LogP contribution in [0.1, 0.15) is 36.6 Å². The van der Waals surface area contributed by atoms with Crippen molar-refractivity contribution in [2.75, 3.05) is 19.6 Å². The van der Waals surface area contributed by atoms with Crippen LogP contribution in [0.15, 0.2) is 36.4 Å². The van der Waals surface area contributed by atoms with E-state index < -0.39 is 0 Å². The van der Waals surface area contributed by atoms with Gasteiger partial charge in [-0.2, -0.15) is 0 Å². The van der Waals surface area contributed by atoms with Crippen molar-refractivity contribution in [2.45, 2.75) is 31.6 Å². The van der Waals surface area contributed by atoms with Crippen LogP contribution in [0.3, 0.4) is 0 Å². The maximum atomic E-state index is 12.9. The molecule has 7 heteroatoms. The second-order valence-electron chi connectivity index (χ2n) is 8.12. The summed E-state index contributed by atoms with van der Waals surface area (Å²) in [6.07, 6.45) is 7.03. The minimum atomic E-state index is -0.280. The highest BCUT2D eigenvalue weighted by atomic mass is 32.1. The van der Waals surface area contributed by atoms with Gasteiger partial charge in [0.15, 0.2) is 0 Å². The Labute approximate surface area is 173 Å². The van der Waals surface area contributed by atoms with E-state index in [1.54, 1.807) is 16.2 Å². The van der Waals surface area contributed by atoms with Gasteiger partial charge in [-0.15, -0.1) is 11.3 Å². The van der Waals surface area contributed by atoms with Crippen molar-refractivity contribution in [3.63, 3.8) is 0 Å². The molecule has 3 aliphatic rings. The standard InChI is InChI=1S/C22H23N3O3S/c26-19(13-25-21(27)15-7-1-2-8-16(15)22(25)28)24-11-5-6-14(12-24)20-23-17-9-3-4-10-18(17)29-20/h1-4,9-10,14-16H,5-8,11-13H2/t14-,15-,16+/m1/s1. The third kappa shape index (κ3) is 3.27. The third-order valence-corrected chi connectivity index (χ3v) is 7.52. The highest BCUT2D eigenvalue weighted by molar-refractivity contribution is 7.18. The Morgan fingerprint density at radius 3 is 2.55 bits per heavy atom. The number of carbonyl (C=O) groups is 3. The average molecular weight is 410 g/mol.